The molecule has 0 atom stereocenters. The van der Waals surface area contributed by atoms with Gasteiger partial charge in [0.15, 0.2) is 5.82 Å². The molecule has 9 nitrogen and oxygen atoms in total. The molecule has 5 rings (SSSR count). The minimum absolute atomic E-state index is 0.00646. The van der Waals surface area contributed by atoms with Crippen LogP contribution in [0.3, 0.4) is 0 Å². The number of carbonyl (C=O) groups excluding carboxylic acids is 1. The van der Waals surface area contributed by atoms with Crippen molar-refractivity contribution >= 4 is 34.2 Å². The first-order valence-corrected chi connectivity index (χ1v) is 13.4. The van der Waals surface area contributed by atoms with Gasteiger partial charge in [-0.25, -0.2) is 8.78 Å². The third-order valence-corrected chi connectivity index (χ3v) is 7.39. The zero-order valence-corrected chi connectivity index (χ0v) is 22.9. The van der Waals surface area contributed by atoms with Crippen molar-refractivity contribution in [3.8, 4) is 22.9 Å². The van der Waals surface area contributed by atoms with E-state index in [9.17, 15) is 9.18 Å². The van der Waals surface area contributed by atoms with Gasteiger partial charge in [-0.3, -0.25) is 9.69 Å². The number of halogens is 3. The molecule has 40 heavy (non-hydrogen) atoms. The number of methoxy groups -OCH3 is 1. The fourth-order valence-corrected chi connectivity index (χ4v) is 5.26. The summed E-state index contributed by atoms with van der Waals surface area (Å²) in [6, 6.07) is 5.76. The minimum Gasteiger partial charge on any atom is -0.496 e. The van der Waals surface area contributed by atoms with Crippen LogP contribution in [0.15, 0.2) is 36.9 Å². The number of amides is 1. The van der Waals surface area contributed by atoms with Gasteiger partial charge >= 0.3 is 6.01 Å². The second-order valence-corrected chi connectivity index (χ2v) is 9.82. The Labute approximate surface area is 235 Å². The highest BCUT2D eigenvalue weighted by molar-refractivity contribution is 6.34. The molecule has 212 valence electrons. The summed E-state index contributed by atoms with van der Waals surface area (Å²) in [5.74, 6) is -1.09. The van der Waals surface area contributed by atoms with Crippen LogP contribution >= 0.6 is 11.6 Å². The lowest BCUT2D eigenvalue weighted by molar-refractivity contribution is -0.126. The van der Waals surface area contributed by atoms with Crippen LogP contribution in [0.5, 0.6) is 11.8 Å². The second-order valence-electron chi connectivity index (χ2n) is 9.41. The molecule has 2 aliphatic heterocycles. The number of rotatable bonds is 8. The maximum absolute atomic E-state index is 16.3. The summed E-state index contributed by atoms with van der Waals surface area (Å²) < 4.78 is 47.9. The summed E-state index contributed by atoms with van der Waals surface area (Å²) in [5, 5.41) is 0.338. The van der Waals surface area contributed by atoms with Crippen LogP contribution in [0.1, 0.15) is 0 Å². The first kappa shape index (κ1) is 28.0. The predicted octanol–water partition coefficient (Wildman–Crippen LogP) is 3.78. The van der Waals surface area contributed by atoms with Gasteiger partial charge in [0.2, 0.25) is 5.91 Å². The van der Waals surface area contributed by atoms with Crippen LogP contribution in [-0.4, -0.2) is 98.4 Å². The van der Waals surface area contributed by atoms with E-state index in [-0.39, 0.29) is 45.9 Å². The van der Waals surface area contributed by atoms with Crippen molar-refractivity contribution in [1.82, 2.24) is 19.8 Å². The molecule has 0 bridgehead atoms. The van der Waals surface area contributed by atoms with Crippen molar-refractivity contribution in [2.75, 3.05) is 77.6 Å². The molecule has 0 radical (unpaired) electrons. The first-order chi connectivity index (χ1) is 19.4. The zero-order valence-electron chi connectivity index (χ0n) is 22.2. The molecular weight excluding hydrogens is 544 g/mol. The molecule has 0 unspecified atom stereocenters. The van der Waals surface area contributed by atoms with Crippen molar-refractivity contribution in [3.63, 3.8) is 0 Å². The molecule has 0 aliphatic carbocycles. The van der Waals surface area contributed by atoms with Crippen molar-refractivity contribution in [3.05, 3.63) is 53.6 Å². The SMILES string of the molecule is C=CC(=O)N1CCN(c2nc(OCCN3CCOCC3)nc3c(F)c(-c4c(F)cccc4OC)c(Cl)cc23)CC1. The van der Waals surface area contributed by atoms with Gasteiger partial charge in [-0.05, 0) is 24.3 Å². The van der Waals surface area contributed by atoms with E-state index in [4.69, 9.17) is 25.8 Å². The lowest BCUT2D eigenvalue weighted by Crippen LogP contribution is -2.48. The van der Waals surface area contributed by atoms with E-state index in [1.54, 1.807) is 4.90 Å². The molecule has 1 aromatic heterocycles. The normalized spacial score (nSPS) is 16.3. The first-order valence-electron chi connectivity index (χ1n) is 13.0. The number of benzene rings is 2. The molecule has 0 N–H and O–H groups in total. The van der Waals surface area contributed by atoms with Crippen molar-refractivity contribution < 1.29 is 27.8 Å². The summed E-state index contributed by atoms with van der Waals surface area (Å²) in [6.45, 7) is 9.13. The number of nitrogens with zero attached hydrogens (tertiary/aromatic N) is 5. The van der Waals surface area contributed by atoms with Crippen LogP contribution in [-0.2, 0) is 9.53 Å². The number of hydrogen-bond donors (Lipinski definition) is 0. The summed E-state index contributed by atoms with van der Waals surface area (Å²) in [6.07, 6.45) is 1.28. The molecule has 3 heterocycles. The number of fused-ring (bicyclic) bond motifs is 1. The third kappa shape index (κ3) is 5.67. The quantitative estimate of drug-likeness (QED) is 0.377. The third-order valence-electron chi connectivity index (χ3n) is 7.10. The van der Waals surface area contributed by atoms with E-state index in [1.807, 2.05) is 4.90 Å². The van der Waals surface area contributed by atoms with E-state index < -0.39 is 11.6 Å². The monoisotopic (exact) mass is 573 g/mol. The fraction of sp³-hybridized carbons (Fsp3) is 0.393. The second kappa shape index (κ2) is 12.3. The highest BCUT2D eigenvalue weighted by Crippen LogP contribution is 2.43. The van der Waals surface area contributed by atoms with Gasteiger partial charge in [0.1, 0.15) is 29.5 Å². The average Bonchev–Trinajstić information content (AvgIpc) is 2.98. The molecular formula is C28H30ClF2N5O4. The number of morpholine rings is 1. The number of ether oxygens (including phenoxy) is 3. The Bertz CT molecular complexity index is 1410. The maximum Gasteiger partial charge on any atom is 0.319 e. The molecule has 12 heteroatoms. The number of carbonyl (C=O) groups is 1. The van der Waals surface area contributed by atoms with Gasteiger partial charge < -0.3 is 24.0 Å². The fourth-order valence-electron chi connectivity index (χ4n) is 4.97. The summed E-state index contributed by atoms with van der Waals surface area (Å²) in [5.41, 5.74) is -0.309. The summed E-state index contributed by atoms with van der Waals surface area (Å²) >= 11 is 6.60. The van der Waals surface area contributed by atoms with Crippen molar-refractivity contribution in [2.24, 2.45) is 0 Å². The van der Waals surface area contributed by atoms with Gasteiger partial charge in [-0.1, -0.05) is 24.2 Å². The maximum atomic E-state index is 16.3. The lowest BCUT2D eigenvalue weighted by Gasteiger charge is -2.35. The summed E-state index contributed by atoms with van der Waals surface area (Å²) in [7, 11) is 1.38. The molecule has 2 fully saturated rings. The number of piperazine rings is 1. The predicted molar refractivity (Wildman–Crippen MR) is 148 cm³/mol. The Morgan fingerprint density at radius 2 is 1.88 bits per heavy atom. The molecule has 0 saturated carbocycles. The lowest BCUT2D eigenvalue weighted by atomic mass is 10.0. The van der Waals surface area contributed by atoms with Gasteiger partial charge in [-0.15, -0.1) is 0 Å². The molecule has 2 saturated heterocycles. The number of hydrogen-bond acceptors (Lipinski definition) is 8. The Kier molecular flexibility index (Phi) is 8.63. The van der Waals surface area contributed by atoms with E-state index in [2.05, 4.69) is 21.4 Å². The Hall–Kier alpha value is -3.54. The van der Waals surface area contributed by atoms with Crippen molar-refractivity contribution in [1.29, 1.82) is 0 Å². The van der Waals surface area contributed by atoms with Crippen LogP contribution in [0, 0.1) is 11.6 Å². The highest BCUT2D eigenvalue weighted by Gasteiger charge is 2.28. The van der Waals surface area contributed by atoms with Crippen LogP contribution in [0.4, 0.5) is 14.6 Å². The average molecular weight is 574 g/mol. The molecule has 0 spiro atoms. The number of aromatic nitrogens is 2. The van der Waals surface area contributed by atoms with E-state index in [1.165, 1.54) is 37.5 Å². The smallest absolute Gasteiger partial charge is 0.319 e. The molecule has 3 aromatic rings. The van der Waals surface area contributed by atoms with Gasteiger partial charge in [0, 0.05) is 56.8 Å². The van der Waals surface area contributed by atoms with Gasteiger partial charge in [0.25, 0.3) is 0 Å². The van der Waals surface area contributed by atoms with Crippen molar-refractivity contribution in [2.45, 2.75) is 0 Å². The highest BCUT2D eigenvalue weighted by atomic mass is 35.5. The molecule has 1 amide bonds. The molecule has 2 aromatic carbocycles. The van der Waals surface area contributed by atoms with E-state index in [0.29, 0.717) is 57.1 Å². The molecule has 2 aliphatic rings. The van der Waals surface area contributed by atoms with E-state index in [0.717, 1.165) is 13.1 Å². The largest absolute Gasteiger partial charge is 0.496 e. The zero-order chi connectivity index (χ0) is 28.2. The minimum atomic E-state index is -0.812. The Morgan fingerprint density at radius 3 is 2.58 bits per heavy atom. The van der Waals surface area contributed by atoms with Crippen LogP contribution in [0.2, 0.25) is 5.02 Å². The van der Waals surface area contributed by atoms with Gasteiger partial charge in [-0.2, -0.15) is 9.97 Å². The van der Waals surface area contributed by atoms with Gasteiger partial charge in [0.05, 0.1) is 30.9 Å². The van der Waals surface area contributed by atoms with E-state index >= 15 is 4.39 Å². The Morgan fingerprint density at radius 1 is 1.12 bits per heavy atom. The topological polar surface area (TPSA) is 80.3 Å². The number of anilines is 1. The van der Waals surface area contributed by atoms with Crippen LogP contribution < -0.4 is 14.4 Å². The standard InChI is InChI=1S/C28H30ClF2N5O4/c1-3-22(37)35-7-9-36(10-8-35)27-18-17-19(29)23(24-20(30)5-4-6-21(24)38-2)25(31)26(18)32-28(33-27)40-16-13-34-11-14-39-15-12-34/h3-6,17H,1,7-16H2,2H3. The Balaban J connectivity index is 1.55. The van der Waals surface area contributed by atoms with Crippen LogP contribution in [0.25, 0.3) is 22.0 Å². The summed E-state index contributed by atoms with van der Waals surface area (Å²) in [4.78, 5) is 26.9.